The Morgan fingerprint density at radius 3 is 2.62 bits per heavy atom. The van der Waals surface area contributed by atoms with Crippen molar-refractivity contribution in [2.45, 2.75) is 6.54 Å². The van der Waals surface area contributed by atoms with Crippen LogP contribution < -0.4 is 5.48 Å². The minimum Gasteiger partial charge on any atom is -0.288 e. The van der Waals surface area contributed by atoms with Gasteiger partial charge >= 0.3 is 0 Å². The first kappa shape index (κ1) is 14.4. The predicted molar refractivity (Wildman–Crippen MR) is 92.0 cm³/mol. The van der Waals surface area contributed by atoms with E-state index < -0.39 is 5.91 Å². The fraction of sp³-hybridized carbons (Fsp3) is 0.0526. The van der Waals surface area contributed by atoms with Crippen LogP contribution in [0.15, 0.2) is 66.9 Å². The summed E-state index contributed by atoms with van der Waals surface area (Å²) in [4.78, 5) is 11.5. The molecule has 1 aromatic heterocycles. The van der Waals surface area contributed by atoms with E-state index in [1.54, 1.807) is 17.6 Å². The van der Waals surface area contributed by atoms with Gasteiger partial charge in [-0.25, -0.2) is 5.48 Å². The molecular formula is C19H15N3O2. The molecule has 0 bridgehead atoms. The number of hydrogen-bond acceptors (Lipinski definition) is 3. The van der Waals surface area contributed by atoms with E-state index in [1.807, 2.05) is 29.1 Å². The summed E-state index contributed by atoms with van der Waals surface area (Å²) >= 11 is 0. The van der Waals surface area contributed by atoms with Gasteiger partial charge in [0.15, 0.2) is 0 Å². The summed E-state index contributed by atoms with van der Waals surface area (Å²) in [7, 11) is 0. The van der Waals surface area contributed by atoms with Crippen LogP contribution >= 0.6 is 0 Å². The second kappa shape index (κ2) is 5.79. The number of aromatic nitrogens is 2. The highest BCUT2D eigenvalue weighted by Gasteiger charge is 2.08. The van der Waals surface area contributed by atoms with Gasteiger partial charge in [-0.15, -0.1) is 0 Å². The number of carbonyl (C=O) groups is 1. The lowest BCUT2D eigenvalue weighted by molar-refractivity contribution is 0.0706. The Hall–Kier alpha value is -3.18. The van der Waals surface area contributed by atoms with Crippen molar-refractivity contribution in [3.63, 3.8) is 0 Å². The second-order valence-electron chi connectivity index (χ2n) is 5.72. The van der Waals surface area contributed by atoms with Crippen molar-refractivity contribution in [2.75, 3.05) is 0 Å². The van der Waals surface area contributed by atoms with Crippen LogP contribution in [0.2, 0.25) is 0 Å². The molecule has 118 valence electrons. The molecule has 0 saturated carbocycles. The molecule has 4 aromatic rings. The lowest BCUT2D eigenvalue weighted by atomic mass is 10.1. The molecule has 24 heavy (non-hydrogen) atoms. The Labute approximate surface area is 138 Å². The molecule has 0 saturated heterocycles. The minimum atomic E-state index is -0.541. The van der Waals surface area contributed by atoms with Crippen LogP contribution in [0.1, 0.15) is 15.9 Å². The summed E-state index contributed by atoms with van der Waals surface area (Å²) in [5, 5.41) is 16.6. The smallest absolute Gasteiger partial charge is 0.274 e. The zero-order valence-corrected chi connectivity index (χ0v) is 12.8. The average molecular weight is 317 g/mol. The molecule has 5 heteroatoms. The maximum absolute atomic E-state index is 11.5. The van der Waals surface area contributed by atoms with E-state index >= 15 is 0 Å². The second-order valence-corrected chi connectivity index (χ2v) is 5.72. The summed E-state index contributed by atoms with van der Waals surface area (Å²) in [5.41, 5.74) is 3.89. The number of rotatable bonds is 3. The molecule has 1 heterocycles. The van der Waals surface area contributed by atoms with Gasteiger partial charge < -0.3 is 0 Å². The monoisotopic (exact) mass is 317 g/mol. The van der Waals surface area contributed by atoms with Gasteiger partial charge in [0.25, 0.3) is 5.91 Å². The Kier molecular flexibility index (Phi) is 3.48. The first-order valence-electron chi connectivity index (χ1n) is 7.62. The van der Waals surface area contributed by atoms with Gasteiger partial charge in [-0.3, -0.25) is 14.7 Å². The Morgan fingerprint density at radius 1 is 1.00 bits per heavy atom. The third-order valence-electron chi connectivity index (χ3n) is 4.08. The van der Waals surface area contributed by atoms with Crippen molar-refractivity contribution in [3.05, 3.63) is 78.0 Å². The summed E-state index contributed by atoms with van der Waals surface area (Å²) in [6, 6.07) is 19.8. The minimum absolute atomic E-state index is 0.376. The Balaban J connectivity index is 1.66. The number of benzene rings is 3. The highest BCUT2D eigenvalue weighted by atomic mass is 16.5. The van der Waals surface area contributed by atoms with Gasteiger partial charge in [0.2, 0.25) is 0 Å². The van der Waals surface area contributed by atoms with Crippen molar-refractivity contribution in [3.8, 4) is 0 Å². The zero-order chi connectivity index (χ0) is 16.5. The quantitative estimate of drug-likeness (QED) is 0.450. The Bertz CT molecular complexity index is 1050. The number of hydrogen-bond donors (Lipinski definition) is 2. The Morgan fingerprint density at radius 2 is 1.79 bits per heavy atom. The molecule has 0 aliphatic carbocycles. The maximum atomic E-state index is 11.5. The first-order chi connectivity index (χ1) is 11.7. The molecule has 0 fully saturated rings. The average Bonchev–Trinajstić information content (AvgIpc) is 3.02. The summed E-state index contributed by atoms with van der Waals surface area (Å²) < 4.78 is 1.86. The van der Waals surface area contributed by atoms with E-state index in [2.05, 4.69) is 35.4 Å². The van der Waals surface area contributed by atoms with Crippen molar-refractivity contribution < 1.29 is 10.0 Å². The van der Waals surface area contributed by atoms with Crippen LogP contribution in [-0.4, -0.2) is 20.9 Å². The fourth-order valence-corrected chi connectivity index (χ4v) is 2.88. The molecule has 5 nitrogen and oxygen atoms in total. The summed E-state index contributed by atoms with van der Waals surface area (Å²) in [6.45, 7) is 0.654. The molecule has 0 aliphatic rings. The normalized spacial score (nSPS) is 11.0. The highest BCUT2D eigenvalue weighted by molar-refractivity contribution is 5.97. The molecule has 2 N–H and O–H groups in total. The topological polar surface area (TPSA) is 67.2 Å². The lowest BCUT2D eigenvalue weighted by Gasteiger charge is -2.04. The number of nitrogens with one attached hydrogen (secondary N) is 1. The molecule has 0 atom stereocenters. The number of fused-ring (bicyclic) bond motifs is 2. The zero-order valence-electron chi connectivity index (χ0n) is 12.8. The van der Waals surface area contributed by atoms with Gasteiger partial charge in [-0.2, -0.15) is 5.10 Å². The maximum Gasteiger partial charge on any atom is 0.274 e. The SMILES string of the molecule is O=C(NO)c1ccc2cn(Cc3ccc4ccccc4c3)nc2c1. The van der Waals surface area contributed by atoms with Crippen molar-refractivity contribution in [1.29, 1.82) is 0 Å². The lowest BCUT2D eigenvalue weighted by Crippen LogP contribution is -2.18. The molecule has 0 unspecified atom stereocenters. The van der Waals surface area contributed by atoms with Gasteiger partial charge in [0.1, 0.15) is 0 Å². The number of nitrogens with zero attached hydrogens (tertiary/aromatic N) is 2. The predicted octanol–water partition coefficient (Wildman–Crippen LogP) is 3.36. The number of hydroxylamine groups is 1. The van der Waals surface area contributed by atoms with Crippen LogP contribution in [0, 0.1) is 0 Å². The van der Waals surface area contributed by atoms with Gasteiger partial charge in [0.05, 0.1) is 12.1 Å². The third kappa shape index (κ3) is 2.61. The molecule has 0 radical (unpaired) electrons. The van der Waals surface area contributed by atoms with Crippen LogP contribution in [0.4, 0.5) is 0 Å². The largest absolute Gasteiger partial charge is 0.288 e. The van der Waals surface area contributed by atoms with Crippen molar-refractivity contribution in [1.82, 2.24) is 15.3 Å². The van der Waals surface area contributed by atoms with E-state index in [1.165, 1.54) is 10.8 Å². The van der Waals surface area contributed by atoms with E-state index in [4.69, 9.17) is 5.21 Å². The number of carbonyl (C=O) groups excluding carboxylic acids is 1. The van der Waals surface area contributed by atoms with Crippen LogP contribution in [0.5, 0.6) is 0 Å². The first-order valence-corrected chi connectivity index (χ1v) is 7.62. The third-order valence-corrected chi connectivity index (χ3v) is 4.08. The van der Waals surface area contributed by atoms with Gasteiger partial charge in [-0.05, 0) is 34.5 Å². The molecule has 0 aliphatic heterocycles. The summed E-state index contributed by atoms with van der Waals surface area (Å²) in [6.07, 6.45) is 1.95. The number of amides is 1. The molecule has 0 spiro atoms. The molecule has 1 amide bonds. The molecular weight excluding hydrogens is 302 g/mol. The molecule has 4 rings (SSSR count). The van der Waals surface area contributed by atoms with E-state index in [0.29, 0.717) is 12.1 Å². The van der Waals surface area contributed by atoms with E-state index in [0.717, 1.165) is 16.5 Å². The fourth-order valence-electron chi connectivity index (χ4n) is 2.88. The standard InChI is InChI=1S/C19H15N3O2/c23-19(21-24)16-7-8-17-12-22(20-18(17)10-16)11-13-5-6-14-3-1-2-4-15(14)9-13/h1-10,12,24H,11H2,(H,21,23). The summed E-state index contributed by atoms with van der Waals surface area (Å²) in [5.74, 6) is -0.541. The van der Waals surface area contributed by atoms with Crippen LogP contribution in [0.25, 0.3) is 21.7 Å². The van der Waals surface area contributed by atoms with Gasteiger partial charge in [0, 0.05) is 17.1 Å². The molecule has 3 aromatic carbocycles. The van der Waals surface area contributed by atoms with Gasteiger partial charge in [-0.1, -0.05) is 42.5 Å². The highest BCUT2D eigenvalue weighted by Crippen LogP contribution is 2.18. The van der Waals surface area contributed by atoms with Crippen molar-refractivity contribution in [2.24, 2.45) is 0 Å². The van der Waals surface area contributed by atoms with E-state index in [-0.39, 0.29) is 0 Å². The van der Waals surface area contributed by atoms with Crippen LogP contribution in [-0.2, 0) is 6.54 Å². The van der Waals surface area contributed by atoms with Crippen LogP contribution in [0.3, 0.4) is 0 Å². The van der Waals surface area contributed by atoms with E-state index in [9.17, 15) is 4.79 Å². The van der Waals surface area contributed by atoms with Crippen molar-refractivity contribution >= 4 is 27.6 Å².